The lowest BCUT2D eigenvalue weighted by atomic mass is 9.89. The van der Waals surface area contributed by atoms with Gasteiger partial charge in [-0.1, -0.05) is 0 Å². The molecule has 0 aromatic rings. The maximum Gasteiger partial charge on any atom is 0.150 e. The Hall–Kier alpha value is -0.170. The Labute approximate surface area is 123 Å². The Bertz CT molecular complexity index is 356. The fourth-order valence-electron chi connectivity index (χ4n) is 2.62. The van der Waals surface area contributed by atoms with Crippen molar-refractivity contribution in [1.29, 1.82) is 0 Å². The van der Waals surface area contributed by atoms with Crippen molar-refractivity contribution in [2.75, 3.05) is 44.9 Å². The molecule has 2 unspecified atom stereocenters. The minimum absolute atomic E-state index is 0.226. The molecule has 2 atom stereocenters. The Morgan fingerprint density at radius 3 is 2.60 bits per heavy atom. The largest absolute Gasteiger partial charge is 0.383 e. The maximum absolute atomic E-state index is 11.6. The van der Waals surface area contributed by atoms with Crippen molar-refractivity contribution in [2.24, 2.45) is 11.8 Å². The SMILES string of the molecule is COCCNCC(CCOC(C)C)C1CCS(=O)(=O)C1. The van der Waals surface area contributed by atoms with Crippen LogP contribution in [-0.4, -0.2) is 59.4 Å². The number of ether oxygens (including phenoxy) is 2. The zero-order chi connectivity index (χ0) is 15.0. The van der Waals surface area contributed by atoms with Crippen molar-refractivity contribution >= 4 is 9.84 Å². The molecule has 5 nitrogen and oxygen atoms in total. The first-order valence-corrected chi connectivity index (χ1v) is 9.28. The van der Waals surface area contributed by atoms with Gasteiger partial charge in [-0.2, -0.15) is 0 Å². The average Bonchev–Trinajstić information content (AvgIpc) is 2.72. The fraction of sp³-hybridized carbons (Fsp3) is 1.00. The van der Waals surface area contributed by atoms with E-state index in [4.69, 9.17) is 9.47 Å². The first kappa shape index (κ1) is 17.9. The molecule has 0 aromatic carbocycles. The highest BCUT2D eigenvalue weighted by Gasteiger charge is 2.33. The molecule has 1 rings (SSSR count). The lowest BCUT2D eigenvalue weighted by Crippen LogP contribution is -2.32. The van der Waals surface area contributed by atoms with Gasteiger partial charge in [0.2, 0.25) is 0 Å². The van der Waals surface area contributed by atoms with Crippen molar-refractivity contribution in [3.63, 3.8) is 0 Å². The summed E-state index contributed by atoms with van der Waals surface area (Å²) in [6.07, 6.45) is 1.93. The molecule has 120 valence electrons. The van der Waals surface area contributed by atoms with Crippen LogP contribution in [0.1, 0.15) is 26.7 Å². The van der Waals surface area contributed by atoms with Crippen molar-refractivity contribution in [2.45, 2.75) is 32.8 Å². The highest BCUT2D eigenvalue weighted by molar-refractivity contribution is 7.91. The summed E-state index contributed by atoms with van der Waals surface area (Å²) in [6, 6.07) is 0. The average molecular weight is 307 g/mol. The Morgan fingerprint density at radius 2 is 2.05 bits per heavy atom. The van der Waals surface area contributed by atoms with Crippen LogP contribution >= 0.6 is 0 Å². The normalized spacial score (nSPS) is 23.3. The zero-order valence-electron chi connectivity index (χ0n) is 12.9. The van der Waals surface area contributed by atoms with Gasteiger partial charge in [-0.25, -0.2) is 8.42 Å². The van der Waals surface area contributed by atoms with E-state index in [9.17, 15) is 8.42 Å². The van der Waals surface area contributed by atoms with E-state index in [0.29, 0.717) is 30.6 Å². The summed E-state index contributed by atoms with van der Waals surface area (Å²) in [4.78, 5) is 0. The summed E-state index contributed by atoms with van der Waals surface area (Å²) in [5.74, 6) is 1.32. The number of hydrogen-bond donors (Lipinski definition) is 1. The molecule has 1 heterocycles. The first-order chi connectivity index (χ1) is 9.44. The molecule has 1 aliphatic rings. The van der Waals surface area contributed by atoms with Crippen molar-refractivity contribution in [3.8, 4) is 0 Å². The molecule has 1 aliphatic heterocycles. The van der Waals surface area contributed by atoms with Gasteiger partial charge in [0.25, 0.3) is 0 Å². The number of methoxy groups -OCH3 is 1. The number of sulfone groups is 1. The second kappa shape index (κ2) is 8.97. The number of rotatable bonds is 10. The summed E-state index contributed by atoms with van der Waals surface area (Å²) in [5.41, 5.74) is 0. The van der Waals surface area contributed by atoms with E-state index in [-0.39, 0.29) is 12.0 Å². The Balaban J connectivity index is 2.41. The van der Waals surface area contributed by atoms with Crippen LogP contribution in [0.3, 0.4) is 0 Å². The van der Waals surface area contributed by atoms with E-state index < -0.39 is 9.84 Å². The van der Waals surface area contributed by atoms with Crippen LogP contribution in [0.5, 0.6) is 0 Å². The van der Waals surface area contributed by atoms with Gasteiger partial charge in [-0.3, -0.25) is 0 Å². The summed E-state index contributed by atoms with van der Waals surface area (Å²) in [6.45, 7) is 7.06. The number of nitrogens with one attached hydrogen (secondary N) is 1. The second-order valence-corrected chi connectivity index (χ2v) is 8.06. The molecular weight excluding hydrogens is 278 g/mol. The highest BCUT2D eigenvalue weighted by Crippen LogP contribution is 2.28. The first-order valence-electron chi connectivity index (χ1n) is 7.46. The molecule has 20 heavy (non-hydrogen) atoms. The molecule has 1 N–H and O–H groups in total. The Morgan fingerprint density at radius 1 is 1.30 bits per heavy atom. The van der Waals surface area contributed by atoms with Gasteiger partial charge >= 0.3 is 0 Å². The molecule has 0 spiro atoms. The predicted octanol–water partition coefficient (Wildman–Crippen LogP) is 1.09. The van der Waals surface area contributed by atoms with Gasteiger partial charge in [-0.05, 0) is 45.1 Å². The van der Waals surface area contributed by atoms with Crippen LogP contribution in [0.2, 0.25) is 0 Å². The summed E-state index contributed by atoms with van der Waals surface area (Å²) in [7, 11) is -1.13. The van der Waals surface area contributed by atoms with Gasteiger partial charge in [0.05, 0.1) is 24.2 Å². The molecule has 0 aromatic heterocycles. The standard InChI is InChI=1S/C14H29NO4S/c1-12(2)19-7-4-13(10-15-6-8-18-3)14-5-9-20(16,17)11-14/h12-15H,4-11H2,1-3H3. The highest BCUT2D eigenvalue weighted by atomic mass is 32.2. The van der Waals surface area contributed by atoms with E-state index >= 15 is 0 Å². The molecular formula is C14H29NO4S. The van der Waals surface area contributed by atoms with Crippen LogP contribution in [-0.2, 0) is 19.3 Å². The minimum Gasteiger partial charge on any atom is -0.383 e. The lowest BCUT2D eigenvalue weighted by Gasteiger charge is -2.23. The van der Waals surface area contributed by atoms with Crippen LogP contribution in [0, 0.1) is 11.8 Å². The summed E-state index contributed by atoms with van der Waals surface area (Å²) < 4.78 is 33.9. The van der Waals surface area contributed by atoms with Crippen LogP contribution in [0.15, 0.2) is 0 Å². The molecule has 1 fully saturated rings. The van der Waals surface area contributed by atoms with Crippen molar-refractivity contribution < 1.29 is 17.9 Å². The molecule has 6 heteroatoms. The topological polar surface area (TPSA) is 64.6 Å². The third-order valence-electron chi connectivity index (χ3n) is 3.76. The smallest absolute Gasteiger partial charge is 0.150 e. The maximum atomic E-state index is 11.6. The molecule has 0 amide bonds. The van der Waals surface area contributed by atoms with Crippen LogP contribution < -0.4 is 5.32 Å². The zero-order valence-corrected chi connectivity index (χ0v) is 13.7. The predicted molar refractivity (Wildman–Crippen MR) is 80.7 cm³/mol. The molecule has 0 radical (unpaired) electrons. The third kappa shape index (κ3) is 7.02. The van der Waals surface area contributed by atoms with E-state index in [1.54, 1.807) is 7.11 Å². The van der Waals surface area contributed by atoms with E-state index in [0.717, 1.165) is 25.9 Å². The second-order valence-electron chi connectivity index (χ2n) is 5.83. The van der Waals surface area contributed by atoms with E-state index in [1.807, 2.05) is 13.8 Å². The van der Waals surface area contributed by atoms with Crippen LogP contribution in [0.25, 0.3) is 0 Å². The van der Waals surface area contributed by atoms with E-state index in [2.05, 4.69) is 5.32 Å². The van der Waals surface area contributed by atoms with Crippen molar-refractivity contribution in [3.05, 3.63) is 0 Å². The lowest BCUT2D eigenvalue weighted by molar-refractivity contribution is 0.0631. The minimum atomic E-state index is -2.81. The molecule has 1 saturated heterocycles. The van der Waals surface area contributed by atoms with E-state index in [1.165, 1.54) is 0 Å². The Kier molecular flexibility index (Phi) is 8.02. The summed E-state index contributed by atoms with van der Waals surface area (Å²) >= 11 is 0. The van der Waals surface area contributed by atoms with Gasteiger partial charge in [0.15, 0.2) is 9.84 Å². The molecule has 0 aliphatic carbocycles. The molecule has 0 saturated carbocycles. The van der Waals surface area contributed by atoms with Gasteiger partial charge in [-0.15, -0.1) is 0 Å². The molecule has 0 bridgehead atoms. The monoisotopic (exact) mass is 307 g/mol. The van der Waals surface area contributed by atoms with Gasteiger partial charge < -0.3 is 14.8 Å². The third-order valence-corrected chi connectivity index (χ3v) is 5.56. The number of hydrogen-bond acceptors (Lipinski definition) is 5. The van der Waals surface area contributed by atoms with Crippen molar-refractivity contribution in [1.82, 2.24) is 5.32 Å². The van der Waals surface area contributed by atoms with Gasteiger partial charge in [0.1, 0.15) is 0 Å². The van der Waals surface area contributed by atoms with Gasteiger partial charge in [0, 0.05) is 20.3 Å². The fourth-order valence-corrected chi connectivity index (χ4v) is 4.54. The summed E-state index contributed by atoms with van der Waals surface area (Å²) in [5, 5.41) is 3.35. The quantitative estimate of drug-likeness (QED) is 0.612. The van der Waals surface area contributed by atoms with Crippen LogP contribution in [0.4, 0.5) is 0 Å².